The Bertz CT molecular complexity index is 710. The van der Waals surface area contributed by atoms with Gasteiger partial charge in [-0.2, -0.15) is 0 Å². The number of benzene rings is 1. The van der Waals surface area contributed by atoms with Crippen LogP contribution in [0.2, 0.25) is 0 Å². The van der Waals surface area contributed by atoms with E-state index in [0.717, 1.165) is 22.8 Å². The normalized spacial score (nSPS) is 21.0. The molecule has 1 heterocycles. The van der Waals surface area contributed by atoms with E-state index in [0.29, 0.717) is 5.69 Å². The van der Waals surface area contributed by atoms with Crippen LogP contribution in [0.4, 0.5) is 5.69 Å². The van der Waals surface area contributed by atoms with Gasteiger partial charge in [-0.3, -0.25) is 14.4 Å². The summed E-state index contributed by atoms with van der Waals surface area (Å²) in [5.41, 5.74) is 0.119. The Labute approximate surface area is 161 Å². The van der Waals surface area contributed by atoms with Crippen molar-refractivity contribution in [3.63, 3.8) is 0 Å². The third kappa shape index (κ3) is 3.45. The second-order valence-corrected chi connectivity index (χ2v) is 8.66. The molecular formula is C19H23IN2O3. The summed E-state index contributed by atoms with van der Waals surface area (Å²) in [5, 5.41) is 0. The summed E-state index contributed by atoms with van der Waals surface area (Å²) in [6.45, 7) is 5.95. The summed E-state index contributed by atoms with van der Waals surface area (Å²) in [4.78, 5) is 41.4. The van der Waals surface area contributed by atoms with Gasteiger partial charge in [-0.25, -0.2) is 4.90 Å². The van der Waals surface area contributed by atoms with Crippen LogP contribution in [-0.4, -0.2) is 34.2 Å². The topological polar surface area (TPSA) is 57.7 Å². The molecule has 1 saturated heterocycles. The highest BCUT2D eigenvalue weighted by atomic mass is 127. The highest BCUT2D eigenvalue weighted by Gasteiger charge is 2.50. The van der Waals surface area contributed by atoms with E-state index in [4.69, 9.17) is 0 Å². The predicted molar refractivity (Wildman–Crippen MR) is 104 cm³/mol. The van der Waals surface area contributed by atoms with Gasteiger partial charge in [0.25, 0.3) is 5.91 Å². The van der Waals surface area contributed by atoms with E-state index in [2.05, 4.69) is 22.6 Å². The molecule has 2 aliphatic rings. The maximum absolute atomic E-state index is 13.1. The number of amides is 3. The summed E-state index contributed by atoms with van der Waals surface area (Å²) < 4.78 is 1.04. The van der Waals surface area contributed by atoms with Crippen molar-refractivity contribution < 1.29 is 14.4 Å². The first-order valence-electron chi connectivity index (χ1n) is 8.72. The van der Waals surface area contributed by atoms with Gasteiger partial charge in [0, 0.05) is 15.0 Å². The lowest BCUT2D eigenvalue weighted by molar-refractivity contribution is -0.146. The van der Waals surface area contributed by atoms with E-state index in [1.807, 2.05) is 32.9 Å². The average Bonchev–Trinajstić information content (AvgIpc) is 3.37. The Balaban J connectivity index is 1.92. The van der Waals surface area contributed by atoms with Gasteiger partial charge in [-0.15, -0.1) is 0 Å². The number of halogens is 1. The van der Waals surface area contributed by atoms with E-state index in [1.54, 1.807) is 17.0 Å². The van der Waals surface area contributed by atoms with Crippen LogP contribution in [0.15, 0.2) is 24.3 Å². The number of carbonyl (C=O) groups excluding carboxylic acids is 3. The highest BCUT2D eigenvalue weighted by Crippen LogP contribution is 2.38. The molecule has 2 fully saturated rings. The van der Waals surface area contributed by atoms with Crippen LogP contribution >= 0.6 is 22.6 Å². The number of anilines is 1. The minimum Gasteiger partial charge on any atom is -0.325 e. The van der Waals surface area contributed by atoms with Gasteiger partial charge >= 0.3 is 0 Å². The quantitative estimate of drug-likeness (QED) is 0.507. The van der Waals surface area contributed by atoms with E-state index >= 15 is 0 Å². The SMILES string of the molecule is CCC(C)(C)N(C(=O)C1CC1)C1CC(=O)N(c2ccc(I)cc2)C1=O. The first kappa shape index (κ1) is 18.4. The summed E-state index contributed by atoms with van der Waals surface area (Å²) in [6.07, 6.45) is 2.55. The number of hydrogen-bond donors (Lipinski definition) is 0. The van der Waals surface area contributed by atoms with Crippen LogP contribution in [0.3, 0.4) is 0 Å². The predicted octanol–water partition coefficient (Wildman–Crippen LogP) is 3.35. The lowest BCUT2D eigenvalue weighted by atomic mass is 9.95. The molecule has 25 heavy (non-hydrogen) atoms. The fourth-order valence-electron chi connectivity index (χ4n) is 3.25. The fourth-order valence-corrected chi connectivity index (χ4v) is 3.61. The molecule has 0 bridgehead atoms. The third-order valence-corrected chi connectivity index (χ3v) is 5.92. The molecule has 1 aliphatic carbocycles. The van der Waals surface area contributed by atoms with Gasteiger partial charge in [0.15, 0.2) is 0 Å². The van der Waals surface area contributed by atoms with Crippen molar-refractivity contribution in [2.24, 2.45) is 5.92 Å². The number of rotatable bonds is 5. The molecular weight excluding hydrogens is 431 g/mol. The minimum atomic E-state index is -0.699. The molecule has 1 aromatic rings. The second-order valence-electron chi connectivity index (χ2n) is 7.41. The van der Waals surface area contributed by atoms with Crippen molar-refractivity contribution in [3.05, 3.63) is 27.8 Å². The van der Waals surface area contributed by atoms with Gasteiger partial charge in [0.05, 0.1) is 12.1 Å². The molecule has 0 aromatic heterocycles. The van der Waals surface area contributed by atoms with Gasteiger partial charge in [-0.1, -0.05) is 6.92 Å². The monoisotopic (exact) mass is 454 g/mol. The van der Waals surface area contributed by atoms with E-state index < -0.39 is 11.6 Å². The maximum Gasteiger partial charge on any atom is 0.257 e. The Morgan fingerprint density at radius 3 is 2.36 bits per heavy atom. The average molecular weight is 454 g/mol. The van der Waals surface area contributed by atoms with Gasteiger partial charge in [0.2, 0.25) is 11.8 Å². The van der Waals surface area contributed by atoms with E-state index in [1.165, 1.54) is 4.90 Å². The molecule has 134 valence electrons. The van der Waals surface area contributed by atoms with Crippen molar-refractivity contribution >= 4 is 46.0 Å². The fraction of sp³-hybridized carbons (Fsp3) is 0.526. The minimum absolute atomic E-state index is 0.0149. The van der Waals surface area contributed by atoms with Crippen molar-refractivity contribution in [2.75, 3.05) is 4.90 Å². The van der Waals surface area contributed by atoms with Crippen LogP contribution in [0.1, 0.15) is 46.5 Å². The van der Waals surface area contributed by atoms with Crippen LogP contribution in [0, 0.1) is 9.49 Å². The first-order chi connectivity index (χ1) is 11.8. The van der Waals surface area contributed by atoms with Crippen LogP contribution in [0.5, 0.6) is 0 Å². The zero-order chi connectivity index (χ0) is 18.4. The van der Waals surface area contributed by atoms with Crippen molar-refractivity contribution in [3.8, 4) is 0 Å². The molecule has 1 unspecified atom stereocenters. The smallest absolute Gasteiger partial charge is 0.257 e. The zero-order valence-electron chi connectivity index (χ0n) is 14.8. The van der Waals surface area contributed by atoms with Crippen LogP contribution in [-0.2, 0) is 14.4 Å². The van der Waals surface area contributed by atoms with E-state index in [-0.39, 0.29) is 30.1 Å². The lowest BCUT2D eigenvalue weighted by Gasteiger charge is -2.41. The molecule has 6 heteroatoms. The molecule has 1 aromatic carbocycles. The maximum atomic E-state index is 13.1. The van der Waals surface area contributed by atoms with Gasteiger partial charge in [-0.05, 0) is 80.0 Å². The number of carbonyl (C=O) groups is 3. The van der Waals surface area contributed by atoms with Gasteiger partial charge in [0.1, 0.15) is 6.04 Å². The Morgan fingerprint density at radius 2 is 1.84 bits per heavy atom. The Kier molecular flexibility index (Phi) is 4.92. The van der Waals surface area contributed by atoms with Crippen molar-refractivity contribution in [2.45, 2.75) is 58.0 Å². The largest absolute Gasteiger partial charge is 0.325 e. The van der Waals surface area contributed by atoms with Crippen molar-refractivity contribution in [1.82, 2.24) is 4.90 Å². The summed E-state index contributed by atoms with van der Waals surface area (Å²) >= 11 is 2.18. The molecule has 1 atom stereocenters. The van der Waals surface area contributed by atoms with E-state index in [9.17, 15) is 14.4 Å². The second kappa shape index (κ2) is 6.70. The Hall–Kier alpha value is -1.44. The molecule has 1 saturated carbocycles. The zero-order valence-corrected chi connectivity index (χ0v) is 16.9. The molecule has 0 spiro atoms. The molecule has 0 radical (unpaired) electrons. The molecule has 3 rings (SSSR count). The summed E-state index contributed by atoms with van der Waals surface area (Å²) in [7, 11) is 0. The standard InChI is InChI=1S/C19H23IN2O3/c1-4-19(2,3)22(17(24)12-5-6-12)15-11-16(23)21(18(15)25)14-9-7-13(20)8-10-14/h7-10,12,15H,4-6,11H2,1-3H3. The first-order valence-corrected chi connectivity index (χ1v) is 9.79. The molecule has 5 nitrogen and oxygen atoms in total. The number of imide groups is 1. The van der Waals surface area contributed by atoms with Gasteiger partial charge < -0.3 is 4.90 Å². The van der Waals surface area contributed by atoms with Crippen LogP contribution in [0.25, 0.3) is 0 Å². The van der Waals surface area contributed by atoms with Crippen LogP contribution < -0.4 is 4.90 Å². The Morgan fingerprint density at radius 1 is 1.24 bits per heavy atom. The summed E-state index contributed by atoms with van der Waals surface area (Å²) in [6, 6.07) is 6.59. The lowest BCUT2D eigenvalue weighted by Crippen LogP contribution is -2.56. The number of nitrogens with zero attached hydrogens (tertiary/aromatic N) is 2. The molecule has 1 aliphatic heterocycles. The molecule has 3 amide bonds. The molecule has 0 N–H and O–H groups in total. The number of hydrogen-bond acceptors (Lipinski definition) is 3. The van der Waals surface area contributed by atoms with Crippen molar-refractivity contribution in [1.29, 1.82) is 0 Å². The third-order valence-electron chi connectivity index (χ3n) is 5.20. The highest BCUT2D eigenvalue weighted by molar-refractivity contribution is 14.1. The summed E-state index contributed by atoms with van der Waals surface area (Å²) in [5.74, 6) is -0.498.